The summed E-state index contributed by atoms with van der Waals surface area (Å²) in [6, 6.07) is 17.6. The van der Waals surface area contributed by atoms with Crippen molar-refractivity contribution in [1.29, 1.82) is 0 Å². The van der Waals surface area contributed by atoms with Crippen LogP contribution in [0.1, 0.15) is 47.6 Å². The van der Waals surface area contributed by atoms with Gasteiger partial charge in [0.25, 0.3) is 5.91 Å². The van der Waals surface area contributed by atoms with E-state index in [2.05, 4.69) is 36.4 Å². The topological polar surface area (TPSA) is 41.6 Å². The molecule has 1 aliphatic rings. The van der Waals surface area contributed by atoms with Crippen molar-refractivity contribution in [3.05, 3.63) is 65.7 Å². The Kier molecular flexibility index (Phi) is 5.62. The van der Waals surface area contributed by atoms with E-state index in [1.165, 1.54) is 12.8 Å². The third kappa shape index (κ3) is 3.47. The van der Waals surface area contributed by atoms with E-state index >= 15 is 0 Å². The third-order valence-electron chi connectivity index (χ3n) is 5.66. The molecule has 1 amide bonds. The molecule has 0 saturated heterocycles. The molecule has 3 rings (SSSR count). The first-order valence-electron chi connectivity index (χ1n) is 9.25. The number of nitrogens with one attached hydrogen (secondary N) is 1. The Balaban J connectivity index is 1.98. The molecule has 2 aromatic carbocycles. The van der Waals surface area contributed by atoms with Crippen molar-refractivity contribution in [3.8, 4) is 5.75 Å². The van der Waals surface area contributed by atoms with Crippen molar-refractivity contribution < 1.29 is 9.53 Å². The fourth-order valence-electron chi connectivity index (χ4n) is 4.20. The maximum Gasteiger partial charge on any atom is 0.255 e. The summed E-state index contributed by atoms with van der Waals surface area (Å²) in [5.41, 5.74) is 1.65. The van der Waals surface area contributed by atoms with E-state index < -0.39 is 0 Å². The Morgan fingerprint density at radius 2 is 1.65 bits per heavy atom. The van der Waals surface area contributed by atoms with Gasteiger partial charge in [-0.1, -0.05) is 55.3 Å². The second-order valence-corrected chi connectivity index (χ2v) is 7.22. The van der Waals surface area contributed by atoms with Gasteiger partial charge in [-0.3, -0.25) is 4.79 Å². The molecule has 0 aliphatic heterocycles. The molecule has 4 nitrogen and oxygen atoms in total. The molecular weight excluding hydrogens is 324 g/mol. The number of para-hydroxylation sites is 1. The van der Waals surface area contributed by atoms with E-state index in [9.17, 15) is 4.79 Å². The SMILES string of the molecule is COc1ccccc1C(=O)NC(c1ccccc1)C1(N(C)C)CCCC1. The molecular formula is C22H28N2O2. The van der Waals surface area contributed by atoms with Crippen LogP contribution in [-0.2, 0) is 0 Å². The molecule has 0 heterocycles. The minimum Gasteiger partial charge on any atom is -0.496 e. The molecule has 1 unspecified atom stereocenters. The highest BCUT2D eigenvalue weighted by Gasteiger charge is 2.44. The molecule has 1 N–H and O–H groups in total. The van der Waals surface area contributed by atoms with Gasteiger partial charge in [0, 0.05) is 5.54 Å². The van der Waals surface area contributed by atoms with E-state index in [0.29, 0.717) is 11.3 Å². The highest BCUT2D eigenvalue weighted by molar-refractivity contribution is 5.97. The number of ether oxygens (including phenoxy) is 1. The Morgan fingerprint density at radius 1 is 1.04 bits per heavy atom. The minimum atomic E-state index is -0.0931. The van der Waals surface area contributed by atoms with E-state index in [-0.39, 0.29) is 17.5 Å². The standard InChI is InChI=1S/C22H28N2O2/c1-24(2)22(15-9-10-16-22)20(17-11-5-4-6-12-17)23-21(25)18-13-7-8-14-19(18)26-3/h4-8,11-14,20H,9-10,15-16H2,1-3H3,(H,23,25). The zero-order valence-electron chi connectivity index (χ0n) is 15.9. The number of amides is 1. The second-order valence-electron chi connectivity index (χ2n) is 7.22. The van der Waals surface area contributed by atoms with Gasteiger partial charge in [-0.15, -0.1) is 0 Å². The van der Waals surface area contributed by atoms with Crippen molar-refractivity contribution >= 4 is 5.91 Å². The van der Waals surface area contributed by atoms with Crippen molar-refractivity contribution in [2.24, 2.45) is 0 Å². The highest BCUT2D eigenvalue weighted by Crippen LogP contribution is 2.43. The van der Waals surface area contributed by atoms with Crippen LogP contribution in [0.2, 0.25) is 0 Å². The summed E-state index contributed by atoms with van der Waals surface area (Å²) >= 11 is 0. The summed E-state index contributed by atoms with van der Waals surface area (Å²) in [6.07, 6.45) is 4.52. The molecule has 0 radical (unpaired) electrons. The first kappa shape index (κ1) is 18.5. The molecule has 26 heavy (non-hydrogen) atoms. The lowest BCUT2D eigenvalue weighted by Crippen LogP contribution is -2.53. The number of nitrogens with zero attached hydrogens (tertiary/aromatic N) is 1. The normalized spacial score (nSPS) is 17.1. The van der Waals surface area contributed by atoms with E-state index in [0.717, 1.165) is 18.4 Å². The van der Waals surface area contributed by atoms with Crippen molar-refractivity contribution in [1.82, 2.24) is 10.2 Å². The minimum absolute atomic E-state index is 0.0704. The van der Waals surface area contributed by atoms with Crippen LogP contribution in [0.25, 0.3) is 0 Å². The molecule has 0 aromatic heterocycles. The van der Waals surface area contributed by atoms with E-state index in [1.54, 1.807) is 7.11 Å². The maximum absolute atomic E-state index is 13.1. The van der Waals surface area contributed by atoms with Crippen LogP contribution in [-0.4, -0.2) is 37.6 Å². The van der Waals surface area contributed by atoms with Crippen molar-refractivity contribution in [2.75, 3.05) is 21.2 Å². The molecule has 1 saturated carbocycles. The lowest BCUT2D eigenvalue weighted by Gasteiger charge is -2.44. The van der Waals surface area contributed by atoms with Gasteiger partial charge in [-0.05, 0) is 44.6 Å². The second kappa shape index (κ2) is 7.92. The molecule has 4 heteroatoms. The zero-order chi connectivity index (χ0) is 18.6. The predicted octanol–water partition coefficient (Wildman–Crippen LogP) is 4.04. The first-order chi connectivity index (χ1) is 12.6. The van der Waals surface area contributed by atoms with E-state index in [4.69, 9.17) is 4.74 Å². The summed E-state index contributed by atoms with van der Waals surface area (Å²) in [5, 5.41) is 3.33. The number of hydrogen-bond acceptors (Lipinski definition) is 3. The van der Waals surface area contributed by atoms with Crippen LogP contribution in [0.4, 0.5) is 0 Å². The molecule has 0 spiro atoms. The van der Waals surface area contributed by atoms with Crippen LogP contribution in [0.5, 0.6) is 5.75 Å². The van der Waals surface area contributed by atoms with Crippen LogP contribution >= 0.6 is 0 Å². The summed E-state index contributed by atoms with van der Waals surface area (Å²) < 4.78 is 5.38. The monoisotopic (exact) mass is 352 g/mol. The molecule has 1 atom stereocenters. The number of carbonyl (C=O) groups excluding carboxylic acids is 1. The van der Waals surface area contributed by atoms with Gasteiger partial charge in [0.05, 0.1) is 18.7 Å². The quantitative estimate of drug-likeness (QED) is 0.853. The van der Waals surface area contributed by atoms with Gasteiger partial charge in [0.2, 0.25) is 0 Å². The highest BCUT2D eigenvalue weighted by atomic mass is 16.5. The van der Waals surface area contributed by atoms with Gasteiger partial charge < -0.3 is 15.0 Å². The number of methoxy groups -OCH3 is 1. The van der Waals surface area contributed by atoms with Gasteiger partial charge in [0.15, 0.2) is 0 Å². The van der Waals surface area contributed by atoms with E-state index in [1.807, 2.05) is 42.5 Å². The first-order valence-corrected chi connectivity index (χ1v) is 9.25. The smallest absolute Gasteiger partial charge is 0.255 e. The Morgan fingerprint density at radius 3 is 2.27 bits per heavy atom. The average Bonchev–Trinajstić information content (AvgIpc) is 3.17. The number of rotatable bonds is 6. The Bertz CT molecular complexity index is 737. The number of likely N-dealkylation sites (N-methyl/N-ethyl adjacent to an activating group) is 1. The maximum atomic E-state index is 13.1. The molecule has 1 aliphatic carbocycles. The summed E-state index contributed by atoms with van der Waals surface area (Å²) in [5.74, 6) is 0.506. The third-order valence-corrected chi connectivity index (χ3v) is 5.66. The Labute approximate surface area is 156 Å². The predicted molar refractivity (Wildman–Crippen MR) is 105 cm³/mol. The molecule has 0 bridgehead atoms. The lowest BCUT2D eigenvalue weighted by molar-refractivity contribution is 0.0764. The van der Waals surface area contributed by atoms with Crippen LogP contribution in [0.15, 0.2) is 54.6 Å². The summed E-state index contributed by atoms with van der Waals surface area (Å²) in [7, 11) is 5.84. The van der Waals surface area contributed by atoms with Gasteiger partial charge in [-0.25, -0.2) is 0 Å². The van der Waals surface area contributed by atoms with Crippen molar-refractivity contribution in [2.45, 2.75) is 37.3 Å². The lowest BCUT2D eigenvalue weighted by atomic mass is 9.82. The molecule has 138 valence electrons. The van der Waals surface area contributed by atoms with Crippen LogP contribution in [0, 0.1) is 0 Å². The fourth-order valence-corrected chi connectivity index (χ4v) is 4.20. The molecule has 2 aromatic rings. The van der Waals surface area contributed by atoms with Crippen LogP contribution in [0.3, 0.4) is 0 Å². The average molecular weight is 352 g/mol. The number of carbonyl (C=O) groups is 1. The number of hydrogen-bond donors (Lipinski definition) is 1. The van der Waals surface area contributed by atoms with Gasteiger partial charge in [0.1, 0.15) is 5.75 Å². The summed E-state index contributed by atoms with van der Waals surface area (Å²) in [4.78, 5) is 15.4. The van der Waals surface area contributed by atoms with Gasteiger partial charge in [-0.2, -0.15) is 0 Å². The zero-order valence-corrected chi connectivity index (χ0v) is 15.9. The fraction of sp³-hybridized carbons (Fsp3) is 0.409. The number of benzene rings is 2. The van der Waals surface area contributed by atoms with Crippen LogP contribution < -0.4 is 10.1 Å². The van der Waals surface area contributed by atoms with Gasteiger partial charge >= 0.3 is 0 Å². The summed E-state index contributed by atoms with van der Waals surface area (Å²) in [6.45, 7) is 0. The van der Waals surface area contributed by atoms with Crippen molar-refractivity contribution in [3.63, 3.8) is 0 Å². The largest absolute Gasteiger partial charge is 0.496 e. The molecule has 1 fully saturated rings. The Hall–Kier alpha value is -2.33.